The molecule has 0 spiro atoms. The van der Waals surface area contributed by atoms with Crippen LogP contribution in [0.15, 0.2) is 60.7 Å². The Hall–Kier alpha value is -1.17. The van der Waals surface area contributed by atoms with Crippen molar-refractivity contribution in [1.82, 2.24) is 5.32 Å². The molecular weight excluding hydrogens is 237 g/mol. The van der Waals surface area contributed by atoms with Crippen LogP contribution in [0.2, 0.25) is 0 Å². The molecule has 92 valence electrons. The highest BCUT2D eigenvalue weighted by Crippen LogP contribution is 2.41. The molecule has 2 aromatic carbocycles. The predicted octanol–water partition coefficient (Wildman–Crippen LogP) is 2.83. The first-order valence-electron chi connectivity index (χ1n) is 6.58. The molecule has 3 rings (SSSR count). The van der Waals surface area contributed by atoms with Crippen molar-refractivity contribution >= 4 is 18.5 Å². The third-order valence-electron chi connectivity index (χ3n) is 3.41. The second-order valence-electron chi connectivity index (χ2n) is 4.65. The maximum Gasteiger partial charge on any atom is 0.0351 e. The van der Waals surface area contributed by atoms with Gasteiger partial charge in [0.15, 0.2) is 0 Å². The van der Waals surface area contributed by atoms with E-state index in [-0.39, 0.29) is 7.92 Å². The predicted molar refractivity (Wildman–Crippen MR) is 80.1 cm³/mol. The van der Waals surface area contributed by atoms with Gasteiger partial charge in [-0.3, -0.25) is 0 Å². The summed E-state index contributed by atoms with van der Waals surface area (Å²) in [6, 6.07) is 21.9. The average molecular weight is 255 g/mol. The van der Waals surface area contributed by atoms with Gasteiger partial charge in [-0.2, -0.15) is 0 Å². The topological polar surface area (TPSA) is 12.0 Å². The average Bonchev–Trinajstić information content (AvgIpc) is 2.95. The number of rotatable bonds is 3. The molecule has 1 N–H and O–H groups in total. The Kier molecular flexibility index (Phi) is 3.73. The molecule has 1 aliphatic rings. The first-order valence-corrected chi connectivity index (χ1v) is 7.99. The zero-order chi connectivity index (χ0) is 12.2. The SMILES string of the molecule is c1ccc(P(c2ccccc2)C2CCCN2)cc1. The Morgan fingerprint density at radius 2 is 1.39 bits per heavy atom. The van der Waals surface area contributed by atoms with Crippen molar-refractivity contribution in [3.63, 3.8) is 0 Å². The number of hydrogen-bond acceptors (Lipinski definition) is 1. The Bertz CT molecular complexity index is 437. The standard InChI is InChI=1S/C16H18NP/c1-3-8-14(9-4-1)18(16-12-7-13-17-16)15-10-5-2-6-11-15/h1-6,8-11,16-17H,7,12-13H2. The molecule has 1 nitrogen and oxygen atoms in total. The molecule has 0 amide bonds. The highest BCUT2D eigenvalue weighted by molar-refractivity contribution is 7.73. The fraction of sp³-hybridized carbons (Fsp3) is 0.250. The summed E-state index contributed by atoms with van der Waals surface area (Å²) in [5, 5.41) is 6.65. The van der Waals surface area contributed by atoms with Crippen molar-refractivity contribution in [3.05, 3.63) is 60.7 Å². The lowest BCUT2D eigenvalue weighted by Crippen LogP contribution is -2.28. The van der Waals surface area contributed by atoms with Gasteiger partial charge < -0.3 is 5.32 Å². The van der Waals surface area contributed by atoms with Gasteiger partial charge in [-0.1, -0.05) is 60.7 Å². The summed E-state index contributed by atoms with van der Waals surface area (Å²) < 4.78 is 0. The molecule has 0 bridgehead atoms. The van der Waals surface area contributed by atoms with Crippen molar-refractivity contribution in [2.75, 3.05) is 6.54 Å². The summed E-state index contributed by atoms with van der Waals surface area (Å²) in [6.45, 7) is 1.17. The van der Waals surface area contributed by atoms with Crippen LogP contribution in [0.5, 0.6) is 0 Å². The number of hydrogen-bond donors (Lipinski definition) is 1. The Labute approximate surface area is 110 Å². The van der Waals surface area contributed by atoms with Gasteiger partial charge in [-0.25, -0.2) is 0 Å². The van der Waals surface area contributed by atoms with Crippen LogP contribution in [-0.2, 0) is 0 Å². The maximum atomic E-state index is 3.68. The molecule has 1 unspecified atom stereocenters. The van der Waals surface area contributed by atoms with Gasteiger partial charge in [-0.15, -0.1) is 0 Å². The molecule has 2 heteroatoms. The maximum absolute atomic E-state index is 3.68. The van der Waals surface area contributed by atoms with Crippen LogP contribution in [0.4, 0.5) is 0 Å². The van der Waals surface area contributed by atoms with Crippen LogP contribution in [0.25, 0.3) is 0 Å². The van der Waals surface area contributed by atoms with Crippen molar-refractivity contribution < 1.29 is 0 Å². The van der Waals surface area contributed by atoms with E-state index in [2.05, 4.69) is 66.0 Å². The number of benzene rings is 2. The van der Waals surface area contributed by atoms with Crippen LogP contribution < -0.4 is 15.9 Å². The van der Waals surface area contributed by atoms with E-state index >= 15 is 0 Å². The van der Waals surface area contributed by atoms with Gasteiger partial charge in [0.05, 0.1) is 0 Å². The van der Waals surface area contributed by atoms with Gasteiger partial charge in [0, 0.05) is 5.78 Å². The third kappa shape index (κ3) is 2.48. The molecule has 0 aromatic heterocycles. The monoisotopic (exact) mass is 255 g/mol. The summed E-state index contributed by atoms with van der Waals surface area (Å²) in [5.41, 5.74) is 0. The Balaban J connectivity index is 1.98. The molecule has 2 aromatic rings. The van der Waals surface area contributed by atoms with Crippen molar-refractivity contribution in [1.29, 1.82) is 0 Å². The minimum absolute atomic E-state index is 0.263. The number of nitrogens with one attached hydrogen (secondary N) is 1. The molecule has 0 radical (unpaired) electrons. The van der Waals surface area contributed by atoms with Crippen LogP contribution in [0.1, 0.15) is 12.8 Å². The molecule has 1 saturated heterocycles. The largest absolute Gasteiger partial charge is 0.310 e. The van der Waals surface area contributed by atoms with Gasteiger partial charge in [-0.05, 0) is 37.9 Å². The normalized spacial score (nSPS) is 19.3. The third-order valence-corrected chi connectivity index (χ3v) is 6.19. The van der Waals surface area contributed by atoms with E-state index < -0.39 is 0 Å². The highest BCUT2D eigenvalue weighted by atomic mass is 31.1. The Morgan fingerprint density at radius 1 is 0.833 bits per heavy atom. The Morgan fingerprint density at radius 3 is 1.83 bits per heavy atom. The minimum Gasteiger partial charge on any atom is -0.310 e. The quantitative estimate of drug-likeness (QED) is 0.832. The molecule has 1 heterocycles. The van der Waals surface area contributed by atoms with Crippen molar-refractivity contribution in [2.45, 2.75) is 18.6 Å². The summed E-state index contributed by atoms with van der Waals surface area (Å²) in [7, 11) is -0.263. The van der Waals surface area contributed by atoms with Crippen LogP contribution >= 0.6 is 7.92 Å². The first kappa shape index (κ1) is 11.9. The molecule has 0 saturated carbocycles. The van der Waals surface area contributed by atoms with Crippen LogP contribution in [0, 0.1) is 0 Å². The summed E-state index contributed by atoms with van der Waals surface area (Å²) in [5.74, 6) is 0.643. The lowest BCUT2D eigenvalue weighted by atomic mass is 10.4. The van der Waals surface area contributed by atoms with E-state index in [4.69, 9.17) is 0 Å². The molecule has 1 aliphatic heterocycles. The van der Waals surface area contributed by atoms with Crippen molar-refractivity contribution in [3.8, 4) is 0 Å². The van der Waals surface area contributed by atoms with E-state index in [1.54, 1.807) is 0 Å². The summed E-state index contributed by atoms with van der Waals surface area (Å²) in [6.07, 6.45) is 2.61. The second-order valence-corrected chi connectivity index (χ2v) is 7.05. The molecule has 0 aliphatic carbocycles. The highest BCUT2D eigenvalue weighted by Gasteiger charge is 2.26. The molecular formula is C16H18NP. The van der Waals surface area contributed by atoms with Crippen LogP contribution in [0.3, 0.4) is 0 Å². The first-order chi connectivity index (χ1) is 8.95. The fourth-order valence-corrected chi connectivity index (χ4v) is 5.33. The van der Waals surface area contributed by atoms with E-state index in [0.717, 1.165) is 0 Å². The van der Waals surface area contributed by atoms with E-state index in [0.29, 0.717) is 5.78 Å². The van der Waals surface area contributed by atoms with Gasteiger partial charge in [0.1, 0.15) is 0 Å². The molecule has 1 atom stereocenters. The summed E-state index contributed by atoms with van der Waals surface area (Å²) in [4.78, 5) is 0. The van der Waals surface area contributed by atoms with Gasteiger partial charge >= 0.3 is 0 Å². The zero-order valence-corrected chi connectivity index (χ0v) is 11.3. The van der Waals surface area contributed by atoms with Crippen LogP contribution in [-0.4, -0.2) is 12.3 Å². The smallest absolute Gasteiger partial charge is 0.0351 e. The minimum atomic E-state index is -0.263. The zero-order valence-electron chi connectivity index (χ0n) is 10.4. The fourth-order valence-electron chi connectivity index (χ4n) is 2.57. The molecule has 18 heavy (non-hydrogen) atoms. The van der Waals surface area contributed by atoms with E-state index in [1.807, 2.05) is 0 Å². The lowest BCUT2D eigenvalue weighted by Gasteiger charge is -2.25. The van der Waals surface area contributed by atoms with Gasteiger partial charge in [0.2, 0.25) is 0 Å². The molecule has 1 fully saturated rings. The lowest BCUT2D eigenvalue weighted by molar-refractivity contribution is 0.799. The second kappa shape index (κ2) is 5.65. The van der Waals surface area contributed by atoms with Gasteiger partial charge in [0.25, 0.3) is 0 Å². The van der Waals surface area contributed by atoms with E-state index in [9.17, 15) is 0 Å². The van der Waals surface area contributed by atoms with E-state index in [1.165, 1.54) is 30.0 Å². The summed E-state index contributed by atoms with van der Waals surface area (Å²) >= 11 is 0. The van der Waals surface area contributed by atoms with Crippen molar-refractivity contribution in [2.24, 2.45) is 0 Å².